The van der Waals surface area contributed by atoms with Gasteiger partial charge in [-0.1, -0.05) is 0 Å². The first-order valence-electron chi connectivity index (χ1n) is 5.15. The first-order valence-corrected chi connectivity index (χ1v) is 5.94. The largest absolute Gasteiger partial charge is 0.384 e. The minimum Gasteiger partial charge on any atom is -0.384 e. The van der Waals surface area contributed by atoms with Gasteiger partial charge in [0.1, 0.15) is 18.0 Å². The highest BCUT2D eigenvalue weighted by Gasteiger charge is 2.16. The number of hydrogen-bond acceptors (Lipinski definition) is 5. The molecule has 7 nitrogen and oxygen atoms in total. The van der Waals surface area contributed by atoms with Gasteiger partial charge in [-0.25, -0.2) is 9.97 Å². The van der Waals surface area contributed by atoms with Gasteiger partial charge in [-0.05, 0) is 28.9 Å². The van der Waals surface area contributed by atoms with Crippen LogP contribution >= 0.6 is 15.9 Å². The van der Waals surface area contributed by atoms with E-state index in [0.717, 1.165) is 0 Å². The second-order valence-corrected chi connectivity index (χ2v) is 4.51. The number of anilines is 1. The van der Waals surface area contributed by atoms with Crippen molar-refractivity contribution in [2.75, 3.05) is 5.73 Å². The summed E-state index contributed by atoms with van der Waals surface area (Å²) in [6.07, 6.45) is 2.88. The number of nitrogens with zero attached hydrogens (tertiary/aromatic N) is 3. The lowest BCUT2D eigenvalue weighted by atomic mass is 10.2. The maximum absolute atomic E-state index is 12.0. The molecule has 1 amide bonds. The topological polar surface area (TPSA) is 110 Å². The Kier molecular flexibility index (Phi) is 3.56. The minimum absolute atomic E-state index is 0.264. The molecule has 0 aliphatic carbocycles. The lowest BCUT2D eigenvalue weighted by molar-refractivity contribution is 0.0937. The van der Waals surface area contributed by atoms with E-state index in [1.807, 2.05) is 0 Å². The molecule has 0 bridgehead atoms. The maximum Gasteiger partial charge on any atom is 0.253 e. The lowest BCUT2D eigenvalue weighted by Crippen LogP contribution is -2.27. The molecule has 0 aliphatic heterocycles. The van der Waals surface area contributed by atoms with Crippen LogP contribution in [0, 0.1) is 0 Å². The van der Waals surface area contributed by atoms with E-state index in [1.54, 1.807) is 6.92 Å². The number of H-pyrrole nitrogens is 1. The van der Waals surface area contributed by atoms with Crippen molar-refractivity contribution in [1.29, 1.82) is 0 Å². The van der Waals surface area contributed by atoms with Gasteiger partial charge in [-0.15, -0.1) is 0 Å². The molecule has 0 aromatic carbocycles. The Bertz CT molecular complexity index is 556. The molecule has 0 aliphatic rings. The normalized spacial score (nSPS) is 12.1. The summed E-state index contributed by atoms with van der Waals surface area (Å²) in [5, 5.41) is 9.20. The summed E-state index contributed by atoms with van der Waals surface area (Å²) in [5.74, 6) is 0.608. The predicted molar refractivity (Wildman–Crippen MR) is 68.6 cm³/mol. The molecule has 0 spiro atoms. The van der Waals surface area contributed by atoms with Crippen LogP contribution in [0.1, 0.15) is 29.1 Å². The number of nitrogens with one attached hydrogen (secondary N) is 2. The molecule has 2 aromatic rings. The quantitative estimate of drug-likeness (QED) is 0.784. The average Bonchev–Trinajstić information content (AvgIpc) is 2.85. The molecule has 0 radical (unpaired) electrons. The Morgan fingerprint density at radius 3 is 3.00 bits per heavy atom. The van der Waals surface area contributed by atoms with Gasteiger partial charge in [0.05, 0.1) is 11.6 Å². The van der Waals surface area contributed by atoms with Crippen molar-refractivity contribution in [3.63, 3.8) is 0 Å². The van der Waals surface area contributed by atoms with Crippen molar-refractivity contribution in [3.8, 4) is 0 Å². The van der Waals surface area contributed by atoms with Gasteiger partial charge < -0.3 is 11.1 Å². The monoisotopic (exact) mass is 310 g/mol. The number of rotatable bonds is 3. The Morgan fingerprint density at radius 2 is 2.33 bits per heavy atom. The van der Waals surface area contributed by atoms with Gasteiger partial charge in [0.25, 0.3) is 5.91 Å². The van der Waals surface area contributed by atoms with Crippen molar-refractivity contribution in [3.05, 3.63) is 34.5 Å². The Hall–Kier alpha value is -1.96. The van der Waals surface area contributed by atoms with E-state index >= 15 is 0 Å². The van der Waals surface area contributed by atoms with Crippen LogP contribution in [-0.4, -0.2) is 26.1 Å². The zero-order valence-corrected chi connectivity index (χ0v) is 11.1. The standard InChI is InChI=1S/C10H11BrN6O/c1-5(9-14-4-15-17-9)16-10(18)6-2-8(12)13-3-7(6)11/h2-5H,1H3,(H2,12,13)(H,16,18)(H,14,15,17). The van der Waals surface area contributed by atoms with Crippen LogP contribution < -0.4 is 11.1 Å². The Balaban J connectivity index is 2.15. The number of halogens is 1. The third kappa shape index (κ3) is 2.65. The molecule has 8 heteroatoms. The molecular formula is C10H11BrN6O. The second kappa shape index (κ2) is 5.13. The molecule has 4 N–H and O–H groups in total. The number of pyridine rings is 1. The van der Waals surface area contributed by atoms with Crippen LogP contribution in [-0.2, 0) is 0 Å². The van der Waals surface area contributed by atoms with Gasteiger partial charge in [0.15, 0.2) is 0 Å². The van der Waals surface area contributed by atoms with E-state index in [4.69, 9.17) is 5.73 Å². The van der Waals surface area contributed by atoms with Gasteiger partial charge in [0, 0.05) is 10.7 Å². The fraction of sp³-hybridized carbons (Fsp3) is 0.200. The molecule has 0 fully saturated rings. The van der Waals surface area contributed by atoms with E-state index in [0.29, 0.717) is 15.9 Å². The molecule has 1 unspecified atom stereocenters. The smallest absolute Gasteiger partial charge is 0.253 e. The van der Waals surface area contributed by atoms with E-state index in [9.17, 15) is 4.79 Å². The van der Waals surface area contributed by atoms with Crippen LogP contribution in [0.15, 0.2) is 23.1 Å². The van der Waals surface area contributed by atoms with Crippen molar-refractivity contribution >= 4 is 27.7 Å². The van der Waals surface area contributed by atoms with Crippen LogP contribution in [0.5, 0.6) is 0 Å². The third-order valence-electron chi connectivity index (χ3n) is 2.31. The summed E-state index contributed by atoms with van der Waals surface area (Å²) in [7, 11) is 0. The summed E-state index contributed by atoms with van der Waals surface area (Å²) in [6, 6.07) is 1.23. The summed E-state index contributed by atoms with van der Waals surface area (Å²) in [5.41, 5.74) is 5.98. The van der Waals surface area contributed by atoms with E-state index in [2.05, 4.69) is 41.4 Å². The van der Waals surface area contributed by atoms with Crippen molar-refractivity contribution in [2.45, 2.75) is 13.0 Å². The Labute approximate surface area is 111 Å². The zero-order valence-electron chi connectivity index (χ0n) is 9.51. The molecule has 2 rings (SSSR count). The number of hydrogen-bond donors (Lipinski definition) is 3. The summed E-state index contributed by atoms with van der Waals surface area (Å²) < 4.78 is 0.582. The summed E-state index contributed by atoms with van der Waals surface area (Å²) in [4.78, 5) is 19.9. The van der Waals surface area contributed by atoms with Crippen molar-refractivity contribution in [2.24, 2.45) is 0 Å². The molecule has 94 valence electrons. The van der Waals surface area contributed by atoms with Crippen LogP contribution in [0.2, 0.25) is 0 Å². The van der Waals surface area contributed by atoms with E-state index < -0.39 is 0 Å². The minimum atomic E-state index is -0.277. The Morgan fingerprint density at radius 1 is 1.56 bits per heavy atom. The number of amides is 1. The lowest BCUT2D eigenvalue weighted by Gasteiger charge is -2.12. The highest BCUT2D eigenvalue weighted by Crippen LogP contribution is 2.18. The maximum atomic E-state index is 12.0. The number of aromatic amines is 1. The number of nitrogens with two attached hydrogens (primary N) is 1. The first-order chi connectivity index (χ1) is 8.58. The highest BCUT2D eigenvalue weighted by molar-refractivity contribution is 9.10. The van der Waals surface area contributed by atoms with E-state index in [1.165, 1.54) is 18.6 Å². The number of carbonyl (C=O) groups is 1. The van der Waals surface area contributed by atoms with Crippen molar-refractivity contribution < 1.29 is 4.79 Å². The zero-order chi connectivity index (χ0) is 13.1. The van der Waals surface area contributed by atoms with Crippen molar-refractivity contribution in [1.82, 2.24) is 25.5 Å². The average molecular weight is 311 g/mol. The molecular weight excluding hydrogens is 300 g/mol. The molecule has 0 saturated heterocycles. The molecule has 1 atom stereocenters. The number of aromatic nitrogens is 4. The number of carbonyl (C=O) groups excluding carboxylic acids is 1. The summed E-state index contributed by atoms with van der Waals surface area (Å²) in [6.45, 7) is 1.80. The van der Waals surface area contributed by atoms with E-state index in [-0.39, 0.29) is 17.8 Å². The van der Waals surface area contributed by atoms with Gasteiger partial charge in [-0.2, -0.15) is 5.10 Å². The fourth-order valence-electron chi connectivity index (χ4n) is 1.40. The van der Waals surface area contributed by atoms with Gasteiger partial charge in [-0.3, -0.25) is 9.89 Å². The second-order valence-electron chi connectivity index (χ2n) is 3.65. The predicted octanol–water partition coefficient (Wildman–Crippen LogP) is 1.04. The molecule has 2 aromatic heterocycles. The van der Waals surface area contributed by atoms with Gasteiger partial charge in [0.2, 0.25) is 0 Å². The molecule has 0 saturated carbocycles. The van der Waals surface area contributed by atoms with Crippen LogP contribution in [0.25, 0.3) is 0 Å². The van der Waals surface area contributed by atoms with Gasteiger partial charge >= 0.3 is 0 Å². The first kappa shape index (κ1) is 12.5. The van der Waals surface area contributed by atoms with Crippen LogP contribution in [0.4, 0.5) is 5.82 Å². The fourth-order valence-corrected chi connectivity index (χ4v) is 1.79. The summed E-state index contributed by atoms with van der Waals surface area (Å²) >= 11 is 3.26. The SMILES string of the molecule is CC(NC(=O)c1cc(N)ncc1Br)c1ncn[nH]1. The number of nitrogen functional groups attached to an aromatic ring is 1. The van der Waals surface area contributed by atoms with Crippen LogP contribution in [0.3, 0.4) is 0 Å². The highest BCUT2D eigenvalue weighted by atomic mass is 79.9. The molecule has 2 heterocycles. The third-order valence-corrected chi connectivity index (χ3v) is 2.94. The molecule has 18 heavy (non-hydrogen) atoms.